The Labute approximate surface area is 144 Å². The van der Waals surface area contributed by atoms with Gasteiger partial charge in [0.1, 0.15) is 17.9 Å². The summed E-state index contributed by atoms with van der Waals surface area (Å²) >= 11 is 0. The first-order valence-electron chi connectivity index (χ1n) is 7.72. The number of nitrogens with zero attached hydrogens (tertiary/aromatic N) is 3. The molecule has 1 aromatic carbocycles. The number of phenolic OH excluding ortho intramolecular Hbond substituents is 1. The van der Waals surface area contributed by atoms with Crippen molar-refractivity contribution in [3.8, 4) is 17.0 Å². The van der Waals surface area contributed by atoms with Crippen LogP contribution in [0, 0.1) is 0 Å². The van der Waals surface area contributed by atoms with Crippen LogP contribution in [0.2, 0.25) is 0 Å². The van der Waals surface area contributed by atoms with E-state index in [1.54, 1.807) is 18.2 Å². The van der Waals surface area contributed by atoms with Crippen LogP contribution in [0.1, 0.15) is 25.0 Å². The first kappa shape index (κ1) is 16.7. The number of nitrogens with two attached hydrogens (primary N) is 1. The Morgan fingerprint density at radius 1 is 1.36 bits per heavy atom. The van der Waals surface area contributed by atoms with Gasteiger partial charge in [-0.05, 0) is 32.0 Å². The van der Waals surface area contributed by atoms with Crippen molar-refractivity contribution in [1.29, 1.82) is 0 Å². The average Bonchev–Trinajstić information content (AvgIpc) is 2.57. The van der Waals surface area contributed by atoms with Crippen molar-refractivity contribution in [3.05, 3.63) is 35.7 Å². The van der Waals surface area contributed by atoms with Gasteiger partial charge in [0.05, 0.1) is 11.4 Å². The van der Waals surface area contributed by atoms with Gasteiger partial charge >= 0.3 is 0 Å². The molecule has 1 aliphatic carbocycles. The predicted octanol–water partition coefficient (Wildman–Crippen LogP) is 1.19. The zero-order valence-electron chi connectivity index (χ0n) is 14.2. The van der Waals surface area contributed by atoms with Crippen molar-refractivity contribution in [2.24, 2.45) is 5.16 Å². The third-order valence-electron chi connectivity index (χ3n) is 4.24. The molecule has 3 rings (SSSR count). The molecule has 0 fully saturated rings. The lowest BCUT2D eigenvalue weighted by molar-refractivity contribution is -0.125. The van der Waals surface area contributed by atoms with Gasteiger partial charge in [-0.3, -0.25) is 4.79 Å². The van der Waals surface area contributed by atoms with Crippen molar-refractivity contribution in [2.75, 3.05) is 19.4 Å². The first-order chi connectivity index (χ1) is 11.9. The van der Waals surface area contributed by atoms with Crippen molar-refractivity contribution in [3.63, 3.8) is 0 Å². The number of rotatable bonds is 3. The SMILES string of the molecule is CNC(=O)CO/N=C1\c2cc(O)ccc2-c2ncnc(N)c2C1(C)C. The number of carbonyl (C=O) groups excluding carboxylic acids is 1. The van der Waals surface area contributed by atoms with Crippen LogP contribution in [-0.4, -0.2) is 40.3 Å². The molecule has 0 saturated carbocycles. The lowest BCUT2D eigenvalue weighted by Gasteiger charge is -2.34. The van der Waals surface area contributed by atoms with E-state index < -0.39 is 5.41 Å². The van der Waals surface area contributed by atoms with Crippen LogP contribution in [0.3, 0.4) is 0 Å². The molecule has 8 heteroatoms. The zero-order valence-corrected chi connectivity index (χ0v) is 14.2. The van der Waals surface area contributed by atoms with Gasteiger partial charge in [-0.1, -0.05) is 5.16 Å². The molecular formula is C17H19N5O3. The van der Waals surface area contributed by atoms with E-state index in [0.29, 0.717) is 22.8 Å². The van der Waals surface area contributed by atoms with Crippen LogP contribution in [0.5, 0.6) is 5.75 Å². The Morgan fingerprint density at radius 2 is 2.12 bits per heavy atom. The summed E-state index contributed by atoms with van der Waals surface area (Å²) in [5, 5.41) is 16.6. The third kappa shape index (κ3) is 2.75. The molecule has 130 valence electrons. The largest absolute Gasteiger partial charge is 0.508 e. The van der Waals surface area contributed by atoms with Gasteiger partial charge in [0.2, 0.25) is 0 Å². The first-order valence-corrected chi connectivity index (χ1v) is 7.72. The normalized spacial score (nSPS) is 16.0. The number of amides is 1. The lowest BCUT2D eigenvalue weighted by atomic mass is 9.70. The number of aromatic hydroxyl groups is 1. The van der Waals surface area contributed by atoms with Crippen LogP contribution < -0.4 is 11.1 Å². The Hall–Kier alpha value is -3.16. The van der Waals surface area contributed by atoms with Gasteiger partial charge in [-0.25, -0.2) is 9.97 Å². The Kier molecular flexibility index (Phi) is 4.03. The highest BCUT2D eigenvalue weighted by Crippen LogP contribution is 2.45. The number of phenols is 1. The fraction of sp³-hybridized carbons (Fsp3) is 0.294. The average molecular weight is 341 g/mol. The summed E-state index contributed by atoms with van der Waals surface area (Å²) in [6.45, 7) is 3.62. The van der Waals surface area contributed by atoms with Crippen LogP contribution >= 0.6 is 0 Å². The molecule has 0 atom stereocenters. The molecule has 0 aliphatic heterocycles. The molecule has 1 aliphatic rings. The summed E-state index contributed by atoms with van der Waals surface area (Å²) in [5.74, 6) is 0.157. The molecule has 0 bridgehead atoms. The standard InChI is InChI=1S/C17H19N5O3/c1-17(2)13-14(20-8-21-16(13)18)10-5-4-9(23)6-11(10)15(17)22-25-7-12(24)19-3/h4-6,8,23H,7H2,1-3H3,(H,19,24)(H2,18,20,21)/b22-15+. The van der Waals surface area contributed by atoms with Gasteiger partial charge in [0.25, 0.3) is 5.91 Å². The second-order valence-electron chi connectivity index (χ2n) is 6.22. The number of aromatic nitrogens is 2. The highest BCUT2D eigenvalue weighted by Gasteiger charge is 2.40. The maximum absolute atomic E-state index is 11.4. The summed E-state index contributed by atoms with van der Waals surface area (Å²) in [7, 11) is 1.52. The number of anilines is 1. The molecule has 1 heterocycles. The van der Waals surface area contributed by atoms with E-state index >= 15 is 0 Å². The van der Waals surface area contributed by atoms with E-state index in [1.807, 2.05) is 13.8 Å². The van der Waals surface area contributed by atoms with Gasteiger partial charge in [0, 0.05) is 29.2 Å². The number of benzene rings is 1. The van der Waals surface area contributed by atoms with Crippen molar-refractivity contribution in [1.82, 2.24) is 15.3 Å². The minimum absolute atomic E-state index is 0.0963. The molecular weight excluding hydrogens is 322 g/mol. The van der Waals surface area contributed by atoms with Crippen LogP contribution in [0.4, 0.5) is 5.82 Å². The van der Waals surface area contributed by atoms with Crippen molar-refractivity contribution >= 4 is 17.4 Å². The lowest BCUT2D eigenvalue weighted by Crippen LogP contribution is -2.36. The molecule has 0 spiro atoms. The molecule has 1 amide bonds. The highest BCUT2D eigenvalue weighted by molar-refractivity contribution is 6.15. The monoisotopic (exact) mass is 341 g/mol. The topological polar surface area (TPSA) is 123 Å². The van der Waals surface area contributed by atoms with Crippen molar-refractivity contribution in [2.45, 2.75) is 19.3 Å². The van der Waals surface area contributed by atoms with Crippen LogP contribution in [0.25, 0.3) is 11.3 Å². The quantitative estimate of drug-likeness (QED) is 0.721. The van der Waals surface area contributed by atoms with Gasteiger partial charge in [-0.15, -0.1) is 0 Å². The van der Waals surface area contributed by atoms with E-state index in [0.717, 1.165) is 11.1 Å². The second kappa shape index (κ2) is 6.04. The minimum atomic E-state index is -0.676. The van der Waals surface area contributed by atoms with E-state index in [9.17, 15) is 9.90 Å². The Morgan fingerprint density at radius 3 is 2.84 bits per heavy atom. The summed E-state index contributed by atoms with van der Waals surface area (Å²) in [5.41, 5.74) is 8.83. The number of nitrogens with one attached hydrogen (secondary N) is 1. The summed E-state index contributed by atoms with van der Waals surface area (Å²) in [6, 6.07) is 4.92. The summed E-state index contributed by atoms with van der Waals surface area (Å²) in [4.78, 5) is 25.1. The molecule has 1 aromatic heterocycles. The summed E-state index contributed by atoms with van der Waals surface area (Å²) in [6.07, 6.45) is 1.41. The van der Waals surface area contributed by atoms with Gasteiger partial charge in [-0.2, -0.15) is 0 Å². The molecule has 0 unspecified atom stereocenters. The van der Waals surface area contributed by atoms with E-state index in [4.69, 9.17) is 10.6 Å². The second-order valence-corrected chi connectivity index (χ2v) is 6.22. The molecule has 8 nitrogen and oxygen atoms in total. The van der Waals surface area contributed by atoms with Crippen LogP contribution in [-0.2, 0) is 15.0 Å². The number of hydrogen-bond acceptors (Lipinski definition) is 7. The third-order valence-corrected chi connectivity index (χ3v) is 4.24. The fourth-order valence-electron chi connectivity index (χ4n) is 3.00. The van der Waals surface area contributed by atoms with Gasteiger partial charge < -0.3 is 21.0 Å². The molecule has 0 radical (unpaired) electrons. The Balaban J connectivity index is 2.19. The molecule has 0 saturated heterocycles. The maximum Gasteiger partial charge on any atom is 0.260 e. The number of nitrogen functional groups attached to an aromatic ring is 1. The number of likely N-dealkylation sites (N-methyl/N-ethyl adjacent to an activating group) is 1. The minimum Gasteiger partial charge on any atom is -0.508 e. The van der Waals surface area contributed by atoms with E-state index in [1.165, 1.54) is 13.4 Å². The molecule has 2 aromatic rings. The molecule has 4 N–H and O–H groups in total. The van der Waals surface area contributed by atoms with E-state index in [2.05, 4.69) is 20.4 Å². The van der Waals surface area contributed by atoms with Crippen LogP contribution in [0.15, 0.2) is 29.7 Å². The van der Waals surface area contributed by atoms with Gasteiger partial charge in [0.15, 0.2) is 6.61 Å². The van der Waals surface area contributed by atoms with E-state index in [-0.39, 0.29) is 18.3 Å². The number of carbonyl (C=O) groups is 1. The predicted molar refractivity (Wildman–Crippen MR) is 93.1 cm³/mol. The number of hydrogen-bond donors (Lipinski definition) is 3. The zero-order chi connectivity index (χ0) is 18.2. The molecule has 25 heavy (non-hydrogen) atoms. The maximum atomic E-state index is 11.4. The summed E-state index contributed by atoms with van der Waals surface area (Å²) < 4.78 is 0. The fourth-order valence-corrected chi connectivity index (χ4v) is 3.00. The van der Waals surface area contributed by atoms with Crippen molar-refractivity contribution < 1.29 is 14.7 Å². The number of fused-ring (bicyclic) bond motifs is 3. The Bertz CT molecular complexity index is 877. The smallest absolute Gasteiger partial charge is 0.260 e. The highest BCUT2D eigenvalue weighted by atomic mass is 16.6. The number of oxime groups is 1.